The Morgan fingerprint density at radius 3 is 2.33 bits per heavy atom. The molecule has 0 amide bonds. The first kappa shape index (κ1) is 15.5. The van der Waals surface area contributed by atoms with Gasteiger partial charge < -0.3 is 21.1 Å². The van der Waals surface area contributed by atoms with Crippen LogP contribution in [0.3, 0.4) is 0 Å². The lowest BCUT2D eigenvalue weighted by molar-refractivity contribution is -0.894. The summed E-state index contributed by atoms with van der Waals surface area (Å²) in [5, 5.41) is 0. The normalized spacial score (nSPS) is 12.1. The average Bonchev–Trinajstić information content (AvgIpc) is 2.39. The Morgan fingerprint density at radius 1 is 1.10 bits per heavy atom. The predicted molar refractivity (Wildman–Crippen MR) is 83.7 cm³/mol. The van der Waals surface area contributed by atoms with Crippen LogP contribution in [0.1, 0.15) is 5.82 Å². The summed E-state index contributed by atoms with van der Waals surface area (Å²) >= 11 is 3.39. The Bertz CT molecular complexity index is 571. The standard InChI is InChI=1S/C13H17BrN6O/c1-20(8-11-17-12(15)19-13(16)18-11)6-7-21-10-4-2-9(14)3-5-10/h2-5H,6-8H2,1H3,(H4,15,16,17,18,19)/p+1. The number of nitrogens with two attached hydrogens (primary N) is 2. The fourth-order valence-electron chi connectivity index (χ4n) is 1.77. The van der Waals surface area contributed by atoms with Gasteiger partial charge in [0.2, 0.25) is 11.9 Å². The third-order valence-corrected chi connectivity index (χ3v) is 3.32. The molecule has 0 aliphatic rings. The zero-order valence-electron chi connectivity index (χ0n) is 11.7. The van der Waals surface area contributed by atoms with Gasteiger partial charge in [-0.1, -0.05) is 15.9 Å². The molecule has 0 radical (unpaired) electrons. The van der Waals surface area contributed by atoms with Crippen molar-refractivity contribution >= 4 is 27.8 Å². The smallest absolute Gasteiger partial charge is 0.225 e. The van der Waals surface area contributed by atoms with Crippen molar-refractivity contribution in [3.05, 3.63) is 34.6 Å². The molecule has 112 valence electrons. The van der Waals surface area contributed by atoms with E-state index < -0.39 is 0 Å². The highest BCUT2D eigenvalue weighted by Gasteiger charge is 2.09. The number of hydrogen-bond donors (Lipinski definition) is 3. The third kappa shape index (κ3) is 5.16. The van der Waals surface area contributed by atoms with Gasteiger partial charge in [-0.15, -0.1) is 0 Å². The molecule has 1 aromatic heterocycles. The van der Waals surface area contributed by atoms with Gasteiger partial charge in [-0.05, 0) is 24.3 Å². The molecule has 0 aliphatic heterocycles. The Morgan fingerprint density at radius 2 is 1.71 bits per heavy atom. The van der Waals surface area contributed by atoms with E-state index in [1.807, 2.05) is 31.3 Å². The van der Waals surface area contributed by atoms with Crippen molar-refractivity contribution in [3.8, 4) is 5.75 Å². The molecular weight excluding hydrogens is 336 g/mol. The van der Waals surface area contributed by atoms with Crippen LogP contribution in [0.25, 0.3) is 0 Å². The highest BCUT2D eigenvalue weighted by Crippen LogP contribution is 2.15. The number of hydrogen-bond acceptors (Lipinski definition) is 6. The van der Waals surface area contributed by atoms with Crippen LogP contribution in [0.4, 0.5) is 11.9 Å². The van der Waals surface area contributed by atoms with Crippen molar-refractivity contribution in [2.75, 3.05) is 31.7 Å². The summed E-state index contributed by atoms with van der Waals surface area (Å²) < 4.78 is 6.70. The van der Waals surface area contributed by atoms with Crippen LogP contribution in [0, 0.1) is 0 Å². The van der Waals surface area contributed by atoms with Gasteiger partial charge in [-0.25, -0.2) is 0 Å². The molecule has 7 nitrogen and oxygen atoms in total. The minimum absolute atomic E-state index is 0.149. The summed E-state index contributed by atoms with van der Waals surface area (Å²) in [4.78, 5) is 13.1. The maximum absolute atomic E-state index is 5.67. The Labute approximate surface area is 131 Å². The number of ether oxygens (including phenoxy) is 1. The molecule has 1 atom stereocenters. The number of benzene rings is 1. The van der Waals surface area contributed by atoms with E-state index in [1.165, 1.54) is 4.90 Å². The summed E-state index contributed by atoms with van der Waals surface area (Å²) in [7, 11) is 2.03. The van der Waals surface area contributed by atoms with Crippen LogP contribution in [0.15, 0.2) is 28.7 Å². The summed E-state index contributed by atoms with van der Waals surface area (Å²) in [6, 6.07) is 7.74. The lowest BCUT2D eigenvalue weighted by Gasteiger charge is -2.14. The molecular formula is C13H18BrN6O+. The molecule has 0 saturated heterocycles. The van der Waals surface area contributed by atoms with Crippen molar-refractivity contribution in [1.29, 1.82) is 0 Å². The van der Waals surface area contributed by atoms with E-state index in [2.05, 4.69) is 30.9 Å². The SMILES string of the molecule is C[NH+](CCOc1ccc(Br)cc1)Cc1nc(N)nc(N)n1. The van der Waals surface area contributed by atoms with Gasteiger partial charge in [0.15, 0.2) is 5.82 Å². The topological polar surface area (TPSA) is 104 Å². The summed E-state index contributed by atoms with van der Waals surface area (Å²) in [5.74, 6) is 1.73. The largest absolute Gasteiger partial charge is 0.488 e. The Kier molecular flexibility index (Phi) is 5.29. The second-order valence-electron chi connectivity index (χ2n) is 4.65. The molecule has 1 aromatic carbocycles. The molecule has 5 N–H and O–H groups in total. The van der Waals surface area contributed by atoms with Gasteiger partial charge in [-0.2, -0.15) is 15.0 Å². The van der Waals surface area contributed by atoms with Crippen molar-refractivity contribution < 1.29 is 9.64 Å². The Balaban J connectivity index is 1.79. The second kappa shape index (κ2) is 7.19. The van der Waals surface area contributed by atoms with Crippen LogP contribution < -0.4 is 21.1 Å². The fourth-order valence-corrected chi connectivity index (χ4v) is 2.03. The van der Waals surface area contributed by atoms with E-state index in [9.17, 15) is 0 Å². The van der Waals surface area contributed by atoms with Crippen LogP contribution in [0.2, 0.25) is 0 Å². The molecule has 2 aromatic rings. The second-order valence-corrected chi connectivity index (χ2v) is 5.57. The lowest BCUT2D eigenvalue weighted by atomic mass is 10.3. The van der Waals surface area contributed by atoms with Crippen LogP contribution in [-0.2, 0) is 6.54 Å². The zero-order valence-corrected chi connectivity index (χ0v) is 13.3. The number of aromatic nitrogens is 3. The predicted octanol–water partition coefficient (Wildman–Crippen LogP) is -0.108. The van der Waals surface area contributed by atoms with Gasteiger partial charge in [0.05, 0.1) is 7.05 Å². The van der Waals surface area contributed by atoms with Gasteiger partial charge in [0.25, 0.3) is 0 Å². The van der Waals surface area contributed by atoms with Gasteiger partial charge in [0.1, 0.15) is 25.4 Å². The third-order valence-electron chi connectivity index (χ3n) is 2.79. The van der Waals surface area contributed by atoms with Crippen LogP contribution in [0.5, 0.6) is 5.75 Å². The van der Waals surface area contributed by atoms with E-state index in [0.717, 1.165) is 16.8 Å². The molecule has 2 rings (SSSR count). The Hall–Kier alpha value is -1.93. The molecule has 0 spiro atoms. The molecule has 1 heterocycles. The number of likely N-dealkylation sites (N-methyl/N-ethyl adjacent to an activating group) is 1. The molecule has 0 bridgehead atoms. The van der Waals surface area contributed by atoms with E-state index in [1.54, 1.807) is 0 Å². The first-order valence-corrected chi connectivity index (χ1v) is 7.28. The highest BCUT2D eigenvalue weighted by atomic mass is 79.9. The van der Waals surface area contributed by atoms with Gasteiger partial charge in [-0.3, -0.25) is 0 Å². The monoisotopic (exact) mass is 353 g/mol. The number of nitrogen functional groups attached to an aromatic ring is 2. The molecule has 21 heavy (non-hydrogen) atoms. The van der Waals surface area contributed by atoms with Crippen molar-refractivity contribution in [3.63, 3.8) is 0 Å². The number of quaternary nitrogens is 1. The van der Waals surface area contributed by atoms with Crippen molar-refractivity contribution in [2.45, 2.75) is 6.54 Å². The first-order chi connectivity index (χ1) is 10.0. The maximum Gasteiger partial charge on any atom is 0.225 e. The van der Waals surface area contributed by atoms with Gasteiger partial charge in [0, 0.05) is 4.47 Å². The summed E-state index contributed by atoms with van der Waals surface area (Å²) in [5.41, 5.74) is 11.1. The zero-order chi connectivity index (χ0) is 15.2. The van der Waals surface area contributed by atoms with Crippen molar-refractivity contribution in [1.82, 2.24) is 15.0 Å². The van der Waals surface area contributed by atoms with Gasteiger partial charge >= 0.3 is 0 Å². The fraction of sp³-hybridized carbons (Fsp3) is 0.308. The number of anilines is 2. The van der Waals surface area contributed by atoms with E-state index in [-0.39, 0.29) is 11.9 Å². The molecule has 8 heteroatoms. The minimum atomic E-state index is 0.149. The molecule has 0 aliphatic carbocycles. The van der Waals surface area contributed by atoms with E-state index in [0.29, 0.717) is 19.0 Å². The maximum atomic E-state index is 5.67. The number of rotatable bonds is 6. The first-order valence-electron chi connectivity index (χ1n) is 6.48. The molecule has 1 unspecified atom stereocenters. The lowest BCUT2D eigenvalue weighted by Crippen LogP contribution is -3.08. The van der Waals surface area contributed by atoms with Crippen molar-refractivity contribution in [2.24, 2.45) is 0 Å². The number of halogens is 1. The van der Waals surface area contributed by atoms with E-state index in [4.69, 9.17) is 16.2 Å². The number of nitrogens with zero attached hydrogens (tertiary/aromatic N) is 3. The highest BCUT2D eigenvalue weighted by molar-refractivity contribution is 9.10. The van der Waals surface area contributed by atoms with Crippen LogP contribution in [-0.4, -0.2) is 35.2 Å². The van der Waals surface area contributed by atoms with E-state index >= 15 is 0 Å². The minimum Gasteiger partial charge on any atom is -0.488 e. The van der Waals surface area contributed by atoms with Crippen LogP contribution >= 0.6 is 15.9 Å². The summed E-state index contributed by atoms with van der Waals surface area (Å²) in [6.07, 6.45) is 0. The average molecular weight is 354 g/mol. The number of nitrogens with one attached hydrogen (secondary N) is 1. The molecule has 0 fully saturated rings. The summed E-state index contributed by atoms with van der Waals surface area (Å²) in [6.45, 7) is 2.02. The molecule has 0 saturated carbocycles. The quantitative estimate of drug-likeness (QED) is 0.669.